The Morgan fingerprint density at radius 2 is 2.35 bits per heavy atom. The van der Waals surface area contributed by atoms with Gasteiger partial charge in [-0.3, -0.25) is 4.79 Å². The van der Waals surface area contributed by atoms with Gasteiger partial charge in [-0.05, 0) is 25.5 Å². The lowest BCUT2D eigenvalue weighted by atomic mass is 10.1. The zero-order chi connectivity index (χ0) is 14.1. The van der Waals surface area contributed by atoms with Gasteiger partial charge in [0.1, 0.15) is 4.83 Å². The van der Waals surface area contributed by atoms with E-state index in [1.807, 2.05) is 25.1 Å². The van der Waals surface area contributed by atoms with Crippen molar-refractivity contribution < 1.29 is 4.79 Å². The van der Waals surface area contributed by atoms with Gasteiger partial charge in [-0.25, -0.2) is 4.98 Å². The molecule has 20 heavy (non-hydrogen) atoms. The van der Waals surface area contributed by atoms with Gasteiger partial charge in [0.2, 0.25) is 0 Å². The van der Waals surface area contributed by atoms with Crippen LogP contribution in [0.4, 0.5) is 5.13 Å². The third-order valence-electron chi connectivity index (χ3n) is 3.32. The number of amides is 1. The number of hydrogen-bond acceptors (Lipinski definition) is 6. The van der Waals surface area contributed by atoms with Crippen molar-refractivity contribution in [3.05, 3.63) is 10.9 Å². The van der Waals surface area contributed by atoms with Crippen molar-refractivity contribution in [2.24, 2.45) is 0 Å². The van der Waals surface area contributed by atoms with Gasteiger partial charge < -0.3 is 15.5 Å². The second-order valence-corrected chi connectivity index (χ2v) is 7.23. The molecule has 5 nitrogen and oxygen atoms in total. The number of nitrogens with zero attached hydrogens (tertiary/aromatic N) is 2. The minimum absolute atomic E-state index is 0.0281. The van der Waals surface area contributed by atoms with Crippen LogP contribution in [-0.4, -0.2) is 44.1 Å². The van der Waals surface area contributed by atoms with Crippen LogP contribution in [0.1, 0.15) is 22.5 Å². The lowest BCUT2D eigenvalue weighted by molar-refractivity contribution is 0.0935. The standard InChI is InChI=1S/C13H18N4OS2/c1-17(2)13-16-12-10(20-13)6-9(19-12)11(18)15-8-4-3-5-14-7-8/h6,8,14H,3-5,7H2,1-2H3,(H,15,18)/t8-/m0/s1. The average molecular weight is 310 g/mol. The first-order valence-corrected chi connectivity index (χ1v) is 8.36. The second-order valence-electron chi connectivity index (χ2n) is 5.19. The number of piperidine rings is 1. The van der Waals surface area contributed by atoms with E-state index in [4.69, 9.17) is 0 Å². The highest BCUT2D eigenvalue weighted by atomic mass is 32.1. The van der Waals surface area contributed by atoms with Gasteiger partial charge in [0.25, 0.3) is 5.91 Å². The number of fused-ring (bicyclic) bond motifs is 1. The fraction of sp³-hybridized carbons (Fsp3) is 0.538. The Hall–Kier alpha value is -1.18. The second kappa shape index (κ2) is 5.67. The average Bonchev–Trinajstić information content (AvgIpc) is 2.97. The summed E-state index contributed by atoms with van der Waals surface area (Å²) in [7, 11) is 3.96. The van der Waals surface area contributed by atoms with Crippen molar-refractivity contribution in [3.8, 4) is 0 Å². The Bertz CT molecular complexity index is 581. The van der Waals surface area contributed by atoms with Gasteiger partial charge in [-0.2, -0.15) is 0 Å². The third-order valence-corrected chi connectivity index (χ3v) is 5.64. The lowest BCUT2D eigenvalue weighted by Crippen LogP contribution is -2.45. The van der Waals surface area contributed by atoms with Crippen LogP contribution in [0.25, 0.3) is 9.53 Å². The minimum Gasteiger partial charge on any atom is -0.354 e. The van der Waals surface area contributed by atoms with Gasteiger partial charge in [0, 0.05) is 26.7 Å². The van der Waals surface area contributed by atoms with E-state index < -0.39 is 0 Å². The van der Waals surface area contributed by atoms with Gasteiger partial charge in [0.05, 0.1) is 9.58 Å². The van der Waals surface area contributed by atoms with E-state index in [1.165, 1.54) is 11.3 Å². The van der Waals surface area contributed by atoms with Crippen molar-refractivity contribution in [2.75, 3.05) is 32.1 Å². The molecule has 2 aromatic heterocycles. The van der Waals surface area contributed by atoms with Crippen molar-refractivity contribution in [2.45, 2.75) is 18.9 Å². The first kappa shape index (κ1) is 13.8. The molecule has 0 spiro atoms. The van der Waals surface area contributed by atoms with Crippen molar-refractivity contribution in [1.82, 2.24) is 15.6 Å². The van der Waals surface area contributed by atoms with Crippen LogP contribution in [-0.2, 0) is 0 Å². The molecule has 0 aliphatic carbocycles. The summed E-state index contributed by atoms with van der Waals surface area (Å²) in [6.45, 7) is 1.92. The summed E-state index contributed by atoms with van der Waals surface area (Å²) in [6, 6.07) is 2.21. The van der Waals surface area contributed by atoms with Gasteiger partial charge in [-0.15, -0.1) is 11.3 Å². The number of carbonyl (C=O) groups is 1. The summed E-state index contributed by atoms with van der Waals surface area (Å²) < 4.78 is 1.09. The van der Waals surface area contributed by atoms with Crippen molar-refractivity contribution in [1.29, 1.82) is 0 Å². The Morgan fingerprint density at radius 3 is 3.00 bits per heavy atom. The van der Waals surface area contributed by atoms with E-state index >= 15 is 0 Å². The zero-order valence-electron chi connectivity index (χ0n) is 11.6. The Balaban J connectivity index is 1.72. The van der Waals surface area contributed by atoms with Gasteiger partial charge >= 0.3 is 0 Å². The SMILES string of the molecule is CN(C)c1nc2sc(C(=O)N[C@H]3CCCNC3)cc2s1. The monoisotopic (exact) mass is 310 g/mol. The number of rotatable bonds is 3. The van der Waals surface area contributed by atoms with Gasteiger partial charge in [0.15, 0.2) is 5.13 Å². The van der Waals surface area contributed by atoms with Crippen LogP contribution in [0.2, 0.25) is 0 Å². The molecule has 0 unspecified atom stereocenters. The Kier molecular flexibility index (Phi) is 3.91. The largest absolute Gasteiger partial charge is 0.354 e. The predicted octanol–water partition coefficient (Wildman–Crippen LogP) is 1.91. The molecule has 2 aromatic rings. The molecule has 0 radical (unpaired) electrons. The van der Waals surface area contributed by atoms with Crippen LogP contribution in [0.15, 0.2) is 6.07 Å². The normalized spacial score (nSPS) is 19.2. The molecule has 108 valence electrons. The van der Waals surface area contributed by atoms with E-state index in [0.29, 0.717) is 0 Å². The lowest BCUT2D eigenvalue weighted by Gasteiger charge is -2.23. The van der Waals surface area contributed by atoms with Crippen LogP contribution in [0.3, 0.4) is 0 Å². The first-order chi connectivity index (χ1) is 9.63. The van der Waals surface area contributed by atoms with Crippen molar-refractivity contribution in [3.63, 3.8) is 0 Å². The van der Waals surface area contributed by atoms with E-state index in [0.717, 1.165) is 45.5 Å². The molecule has 1 atom stereocenters. The molecular weight excluding hydrogens is 292 g/mol. The number of thiazole rings is 1. The summed E-state index contributed by atoms with van der Waals surface area (Å²) in [5, 5.41) is 7.39. The van der Waals surface area contributed by atoms with E-state index in [1.54, 1.807) is 11.3 Å². The van der Waals surface area contributed by atoms with Crippen molar-refractivity contribution >= 4 is 43.2 Å². The summed E-state index contributed by atoms with van der Waals surface area (Å²) in [4.78, 5) is 20.5. The molecule has 3 rings (SSSR count). The number of aromatic nitrogens is 1. The molecule has 1 amide bonds. The molecule has 7 heteroatoms. The Labute approximate surface area is 126 Å². The number of nitrogens with one attached hydrogen (secondary N) is 2. The number of thiophene rings is 1. The third kappa shape index (κ3) is 2.79. The predicted molar refractivity (Wildman–Crippen MR) is 85.2 cm³/mol. The fourth-order valence-electron chi connectivity index (χ4n) is 2.26. The van der Waals surface area contributed by atoms with Gasteiger partial charge in [-0.1, -0.05) is 11.3 Å². The molecule has 1 aliphatic rings. The molecule has 0 saturated carbocycles. The maximum absolute atomic E-state index is 12.2. The Morgan fingerprint density at radius 1 is 1.50 bits per heavy atom. The van der Waals surface area contributed by atoms with E-state index in [9.17, 15) is 4.79 Å². The maximum atomic E-state index is 12.2. The smallest absolute Gasteiger partial charge is 0.261 e. The van der Waals surface area contributed by atoms with E-state index in [-0.39, 0.29) is 11.9 Å². The van der Waals surface area contributed by atoms with Crippen LogP contribution in [0, 0.1) is 0 Å². The highest BCUT2D eigenvalue weighted by molar-refractivity contribution is 7.29. The summed E-state index contributed by atoms with van der Waals surface area (Å²) >= 11 is 3.09. The van der Waals surface area contributed by atoms with Crippen LogP contribution in [0.5, 0.6) is 0 Å². The maximum Gasteiger partial charge on any atom is 0.261 e. The summed E-state index contributed by atoms with van der Waals surface area (Å²) in [5.41, 5.74) is 0. The first-order valence-electron chi connectivity index (χ1n) is 6.73. The number of hydrogen-bond donors (Lipinski definition) is 2. The molecule has 3 heterocycles. The molecule has 1 saturated heterocycles. The quantitative estimate of drug-likeness (QED) is 0.909. The highest BCUT2D eigenvalue weighted by Crippen LogP contribution is 2.33. The van der Waals surface area contributed by atoms with Crippen LogP contribution >= 0.6 is 22.7 Å². The molecule has 1 aliphatic heterocycles. The molecule has 2 N–H and O–H groups in total. The minimum atomic E-state index is 0.0281. The zero-order valence-corrected chi connectivity index (χ0v) is 13.2. The molecule has 0 aromatic carbocycles. The summed E-state index contributed by atoms with van der Waals surface area (Å²) in [6.07, 6.45) is 2.18. The molecule has 0 bridgehead atoms. The molecule has 1 fully saturated rings. The number of carbonyl (C=O) groups excluding carboxylic acids is 1. The van der Waals surface area contributed by atoms with Crippen LogP contribution < -0.4 is 15.5 Å². The summed E-state index contributed by atoms with van der Waals surface area (Å²) in [5.74, 6) is 0.0281. The number of anilines is 1. The topological polar surface area (TPSA) is 57.3 Å². The highest BCUT2D eigenvalue weighted by Gasteiger charge is 2.19. The fourth-order valence-corrected chi connectivity index (χ4v) is 4.30. The van der Waals surface area contributed by atoms with E-state index in [2.05, 4.69) is 15.6 Å². The molecular formula is C13H18N4OS2.